The largest absolute Gasteiger partial charge is 0.296 e. The van der Waals surface area contributed by atoms with E-state index in [1.807, 2.05) is 17.5 Å². The number of carbonyl (C=O) groups is 1. The van der Waals surface area contributed by atoms with Crippen molar-refractivity contribution in [1.82, 2.24) is 29.5 Å². The van der Waals surface area contributed by atoms with Gasteiger partial charge in [0.05, 0.1) is 36.3 Å². The zero-order chi connectivity index (χ0) is 19.3. The quantitative estimate of drug-likeness (QED) is 0.541. The number of hydrogen-bond donors (Lipinski definition) is 1. The molecule has 136 valence electrons. The third kappa shape index (κ3) is 3.62. The standard InChI is InChI=1S/C19H13N7OS/c1-2-3-13-4-5-15(23-6-13)16-10-28-19(24-16)25-18(27)17-9-22-12-26(17)14-7-20-11-21-8-14/h4-12H,1H3,(H,24,25,27). The summed E-state index contributed by atoms with van der Waals surface area (Å²) < 4.78 is 1.61. The molecular formula is C19H13N7OS. The predicted molar refractivity (Wildman–Crippen MR) is 105 cm³/mol. The number of anilines is 1. The maximum absolute atomic E-state index is 12.7. The molecule has 9 heteroatoms. The lowest BCUT2D eigenvalue weighted by atomic mass is 10.2. The zero-order valence-electron chi connectivity index (χ0n) is 14.7. The highest BCUT2D eigenvalue weighted by molar-refractivity contribution is 7.14. The highest BCUT2D eigenvalue weighted by atomic mass is 32.1. The molecule has 4 heterocycles. The van der Waals surface area contributed by atoms with Crippen LogP contribution in [-0.4, -0.2) is 35.4 Å². The van der Waals surface area contributed by atoms with Gasteiger partial charge in [-0.15, -0.1) is 17.3 Å². The number of aromatic nitrogens is 6. The maximum Gasteiger partial charge on any atom is 0.276 e. The lowest BCUT2D eigenvalue weighted by Gasteiger charge is -2.06. The summed E-state index contributed by atoms with van der Waals surface area (Å²) in [5.74, 6) is 5.45. The van der Waals surface area contributed by atoms with Crippen LogP contribution in [-0.2, 0) is 0 Å². The summed E-state index contributed by atoms with van der Waals surface area (Å²) >= 11 is 1.32. The van der Waals surface area contributed by atoms with Crippen LogP contribution in [0.5, 0.6) is 0 Å². The van der Waals surface area contributed by atoms with Crippen LogP contribution in [0.2, 0.25) is 0 Å². The topological polar surface area (TPSA) is 98.5 Å². The Labute approximate surface area is 164 Å². The first-order chi connectivity index (χ1) is 13.7. The van der Waals surface area contributed by atoms with Crippen LogP contribution in [0.1, 0.15) is 23.0 Å². The van der Waals surface area contributed by atoms with Crippen LogP contribution in [0.25, 0.3) is 17.1 Å². The summed E-state index contributed by atoms with van der Waals surface area (Å²) in [6, 6.07) is 3.74. The van der Waals surface area contributed by atoms with Gasteiger partial charge in [0.25, 0.3) is 5.91 Å². The van der Waals surface area contributed by atoms with Crippen molar-refractivity contribution in [1.29, 1.82) is 0 Å². The second-order valence-electron chi connectivity index (χ2n) is 5.54. The summed E-state index contributed by atoms with van der Waals surface area (Å²) in [5.41, 5.74) is 3.23. The van der Waals surface area contributed by atoms with E-state index in [1.54, 1.807) is 30.1 Å². The molecule has 1 amide bonds. The van der Waals surface area contributed by atoms with Crippen molar-refractivity contribution in [2.45, 2.75) is 6.92 Å². The van der Waals surface area contributed by atoms with Gasteiger partial charge in [-0.3, -0.25) is 19.7 Å². The van der Waals surface area contributed by atoms with Gasteiger partial charge >= 0.3 is 0 Å². The highest BCUT2D eigenvalue weighted by Crippen LogP contribution is 2.24. The minimum atomic E-state index is -0.330. The Morgan fingerprint density at radius 2 is 1.96 bits per heavy atom. The van der Waals surface area contributed by atoms with Gasteiger partial charge in [-0.1, -0.05) is 5.92 Å². The molecule has 4 aromatic rings. The molecule has 1 N–H and O–H groups in total. The number of nitrogens with zero attached hydrogens (tertiary/aromatic N) is 6. The van der Waals surface area contributed by atoms with E-state index in [2.05, 4.69) is 42.1 Å². The molecule has 4 aromatic heterocycles. The second-order valence-corrected chi connectivity index (χ2v) is 6.40. The predicted octanol–water partition coefficient (Wildman–Crippen LogP) is 2.80. The van der Waals surface area contributed by atoms with Gasteiger partial charge in [0.15, 0.2) is 5.13 Å². The minimum Gasteiger partial charge on any atom is -0.296 e. The fourth-order valence-corrected chi connectivity index (χ4v) is 3.16. The molecule has 0 spiro atoms. The average Bonchev–Trinajstić information content (AvgIpc) is 3.39. The molecule has 4 rings (SSSR count). The fraction of sp³-hybridized carbons (Fsp3) is 0.0526. The van der Waals surface area contributed by atoms with E-state index >= 15 is 0 Å². The van der Waals surface area contributed by atoms with E-state index in [1.165, 1.54) is 30.2 Å². The molecule has 0 bridgehead atoms. The Morgan fingerprint density at radius 3 is 2.71 bits per heavy atom. The third-order valence-corrected chi connectivity index (χ3v) is 4.47. The molecule has 0 saturated carbocycles. The molecule has 8 nitrogen and oxygen atoms in total. The lowest BCUT2D eigenvalue weighted by Crippen LogP contribution is -2.16. The smallest absolute Gasteiger partial charge is 0.276 e. The lowest BCUT2D eigenvalue weighted by molar-refractivity contribution is 0.102. The number of nitrogens with one attached hydrogen (secondary N) is 1. The molecule has 0 unspecified atom stereocenters. The van der Waals surface area contributed by atoms with E-state index < -0.39 is 0 Å². The summed E-state index contributed by atoms with van der Waals surface area (Å²) in [4.78, 5) is 33.4. The van der Waals surface area contributed by atoms with Gasteiger partial charge in [-0.2, -0.15) is 0 Å². The van der Waals surface area contributed by atoms with Crippen molar-refractivity contribution in [3.05, 3.63) is 66.2 Å². The molecule has 0 radical (unpaired) electrons. The Morgan fingerprint density at radius 1 is 1.11 bits per heavy atom. The molecule has 0 fully saturated rings. The minimum absolute atomic E-state index is 0.330. The monoisotopic (exact) mass is 387 g/mol. The Hall–Kier alpha value is -3.90. The average molecular weight is 387 g/mol. The number of thiazole rings is 1. The fourth-order valence-electron chi connectivity index (χ4n) is 2.46. The molecule has 0 aliphatic carbocycles. The number of carbonyl (C=O) groups excluding carboxylic acids is 1. The molecule has 0 atom stereocenters. The SMILES string of the molecule is CC#Cc1ccc(-c2csc(NC(=O)c3cncn3-c3cncnc3)n2)nc1. The number of amides is 1. The van der Waals surface area contributed by atoms with E-state index in [9.17, 15) is 4.79 Å². The van der Waals surface area contributed by atoms with Crippen molar-refractivity contribution in [3.8, 4) is 28.9 Å². The van der Waals surface area contributed by atoms with Gasteiger partial charge in [-0.25, -0.2) is 19.9 Å². The van der Waals surface area contributed by atoms with Crippen LogP contribution < -0.4 is 5.32 Å². The van der Waals surface area contributed by atoms with Gasteiger partial charge in [-0.05, 0) is 19.1 Å². The van der Waals surface area contributed by atoms with E-state index in [0.717, 1.165) is 5.56 Å². The summed E-state index contributed by atoms with van der Waals surface area (Å²) in [6.07, 6.45) is 9.34. The first-order valence-corrected chi connectivity index (χ1v) is 9.06. The Balaban J connectivity index is 1.52. The molecule has 0 aromatic carbocycles. The maximum atomic E-state index is 12.7. The Bertz CT molecular complexity index is 1170. The normalized spacial score (nSPS) is 10.2. The number of pyridine rings is 1. The summed E-state index contributed by atoms with van der Waals surface area (Å²) in [7, 11) is 0. The highest BCUT2D eigenvalue weighted by Gasteiger charge is 2.15. The van der Waals surface area contributed by atoms with Crippen LogP contribution in [0, 0.1) is 11.8 Å². The van der Waals surface area contributed by atoms with E-state index in [-0.39, 0.29) is 5.91 Å². The number of rotatable bonds is 4. The van der Waals surface area contributed by atoms with Crippen molar-refractivity contribution < 1.29 is 4.79 Å². The zero-order valence-corrected chi connectivity index (χ0v) is 15.5. The van der Waals surface area contributed by atoms with E-state index in [4.69, 9.17) is 0 Å². The summed E-state index contributed by atoms with van der Waals surface area (Å²) in [6.45, 7) is 1.78. The van der Waals surface area contributed by atoms with Gasteiger partial charge in [0.2, 0.25) is 0 Å². The number of hydrogen-bond acceptors (Lipinski definition) is 7. The number of imidazole rings is 1. The van der Waals surface area contributed by atoms with Crippen molar-refractivity contribution in [2.75, 3.05) is 5.32 Å². The molecule has 0 saturated heterocycles. The van der Waals surface area contributed by atoms with Gasteiger partial charge in [0.1, 0.15) is 17.7 Å². The van der Waals surface area contributed by atoms with Crippen LogP contribution in [0.15, 0.2) is 55.0 Å². The van der Waals surface area contributed by atoms with Crippen molar-refractivity contribution >= 4 is 22.4 Å². The first kappa shape index (κ1) is 17.5. The van der Waals surface area contributed by atoms with Crippen LogP contribution in [0.3, 0.4) is 0 Å². The van der Waals surface area contributed by atoms with Crippen molar-refractivity contribution in [3.63, 3.8) is 0 Å². The molecule has 0 aliphatic heterocycles. The van der Waals surface area contributed by atoms with E-state index in [0.29, 0.717) is 27.9 Å². The first-order valence-electron chi connectivity index (χ1n) is 8.18. The third-order valence-electron chi connectivity index (χ3n) is 3.72. The molecule has 0 aliphatic rings. The summed E-state index contributed by atoms with van der Waals surface area (Å²) in [5, 5.41) is 5.10. The Kier molecular flexibility index (Phi) is 4.86. The van der Waals surface area contributed by atoms with Gasteiger partial charge in [0, 0.05) is 17.1 Å². The van der Waals surface area contributed by atoms with Crippen LogP contribution in [0.4, 0.5) is 5.13 Å². The van der Waals surface area contributed by atoms with Gasteiger partial charge < -0.3 is 0 Å². The molecular weight excluding hydrogens is 374 g/mol. The van der Waals surface area contributed by atoms with Crippen LogP contribution >= 0.6 is 11.3 Å². The molecule has 28 heavy (non-hydrogen) atoms. The second kappa shape index (κ2) is 7.77. The van der Waals surface area contributed by atoms with Crippen molar-refractivity contribution in [2.24, 2.45) is 0 Å².